The highest BCUT2D eigenvalue weighted by Gasteiger charge is 2.55. The summed E-state index contributed by atoms with van der Waals surface area (Å²) in [5.41, 5.74) is 0.349. The molecule has 1 N–H and O–H groups in total. The van der Waals surface area contributed by atoms with Crippen molar-refractivity contribution in [1.82, 2.24) is 9.62 Å². The molecule has 2 aliphatic carbocycles. The van der Waals surface area contributed by atoms with Crippen molar-refractivity contribution in [2.24, 2.45) is 5.41 Å². The van der Waals surface area contributed by atoms with Gasteiger partial charge in [0.1, 0.15) is 0 Å². The second kappa shape index (κ2) is 6.98. The van der Waals surface area contributed by atoms with Crippen LogP contribution in [0.5, 0.6) is 0 Å². The van der Waals surface area contributed by atoms with E-state index in [4.69, 9.17) is 4.74 Å². The third kappa shape index (κ3) is 3.60. The molecule has 0 bridgehead atoms. The Balaban J connectivity index is 1.56. The summed E-state index contributed by atoms with van der Waals surface area (Å²) in [5, 5.41) is 3.87. The molecular formula is C17H32N2O3S. The lowest BCUT2D eigenvalue weighted by molar-refractivity contribution is -0.152. The van der Waals surface area contributed by atoms with Gasteiger partial charge < -0.3 is 10.1 Å². The van der Waals surface area contributed by atoms with Crippen LogP contribution in [-0.4, -0.2) is 56.9 Å². The summed E-state index contributed by atoms with van der Waals surface area (Å²) in [7, 11) is -3.03. The van der Waals surface area contributed by atoms with Gasteiger partial charge in [-0.3, -0.25) is 0 Å². The minimum atomic E-state index is -3.03. The van der Waals surface area contributed by atoms with E-state index in [1.807, 2.05) is 0 Å². The second-order valence-corrected chi connectivity index (χ2v) is 9.61. The number of hydrogen-bond donors (Lipinski definition) is 1. The van der Waals surface area contributed by atoms with Gasteiger partial charge in [-0.25, -0.2) is 12.7 Å². The van der Waals surface area contributed by atoms with Crippen LogP contribution in [0.15, 0.2) is 0 Å². The van der Waals surface area contributed by atoms with Crippen molar-refractivity contribution in [2.75, 3.05) is 26.0 Å². The standard InChI is InChI=1S/C17H32N2O3S/c1-3-22-16-13-15(17(16)9-5-4-6-10-17)18-14-7-11-19(12-8-14)23(2,20)21/h14-16,18H,3-13H2,1-2H3. The predicted octanol–water partition coefficient (Wildman–Crippen LogP) is 2.13. The van der Waals surface area contributed by atoms with Crippen LogP contribution >= 0.6 is 0 Å². The average molecular weight is 345 g/mol. The van der Waals surface area contributed by atoms with Crippen molar-refractivity contribution in [2.45, 2.75) is 76.5 Å². The maximum atomic E-state index is 11.6. The van der Waals surface area contributed by atoms with Crippen molar-refractivity contribution >= 4 is 10.0 Å². The number of nitrogens with one attached hydrogen (secondary N) is 1. The molecule has 1 heterocycles. The first kappa shape index (κ1) is 17.6. The zero-order valence-corrected chi connectivity index (χ0v) is 15.4. The van der Waals surface area contributed by atoms with E-state index in [-0.39, 0.29) is 0 Å². The van der Waals surface area contributed by atoms with Crippen molar-refractivity contribution in [3.63, 3.8) is 0 Å². The Morgan fingerprint density at radius 3 is 2.39 bits per heavy atom. The second-order valence-electron chi connectivity index (χ2n) is 7.63. The molecule has 3 aliphatic rings. The minimum absolute atomic E-state index is 0.349. The first-order chi connectivity index (χ1) is 11.0. The topological polar surface area (TPSA) is 58.6 Å². The van der Waals surface area contributed by atoms with Gasteiger partial charge >= 0.3 is 0 Å². The molecule has 1 saturated heterocycles. The molecule has 2 unspecified atom stereocenters. The van der Waals surface area contributed by atoms with Gasteiger partial charge in [0.2, 0.25) is 10.0 Å². The van der Waals surface area contributed by atoms with Crippen molar-refractivity contribution < 1.29 is 13.2 Å². The summed E-state index contributed by atoms with van der Waals surface area (Å²) in [6.45, 7) is 4.22. The van der Waals surface area contributed by atoms with Gasteiger partial charge in [-0.15, -0.1) is 0 Å². The van der Waals surface area contributed by atoms with Crippen LogP contribution in [0.2, 0.25) is 0 Å². The molecule has 1 aliphatic heterocycles. The van der Waals surface area contributed by atoms with Crippen molar-refractivity contribution in [1.29, 1.82) is 0 Å². The van der Waals surface area contributed by atoms with E-state index in [0.29, 0.717) is 36.7 Å². The van der Waals surface area contributed by atoms with E-state index in [1.54, 1.807) is 4.31 Å². The van der Waals surface area contributed by atoms with Crippen LogP contribution in [0.3, 0.4) is 0 Å². The predicted molar refractivity (Wildman–Crippen MR) is 91.9 cm³/mol. The van der Waals surface area contributed by atoms with Crippen LogP contribution in [0, 0.1) is 5.41 Å². The van der Waals surface area contributed by atoms with E-state index in [0.717, 1.165) is 25.9 Å². The van der Waals surface area contributed by atoms with Crippen LogP contribution in [-0.2, 0) is 14.8 Å². The molecule has 0 amide bonds. The smallest absolute Gasteiger partial charge is 0.211 e. The Morgan fingerprint density at radius 1 is 1.17 bits per heavy atom. The van der Waals surface area contributed by atoms with Gasteiger partial charge in [-0.1, -0.05) is 19.3 Å². The molecule has 1 spiro atoms. The molecule has 134 valence electrons. The van der Waals surface area contributed by atoms with Gasteiger partial charge in [-0.05, 0) is 39.0 Å². The van der Waals surface area contributed by atoms with Crippen LogP contribution < -0.4 is 5.32 Å². The normalized spacial score (nSPS) is 32.8. The van der Waals surface area contributed by atoms with Crippen LogP contribution in [0.25, 0.3) is 0 Å². The zero-order chi connectivity index (χ0) is 16.5. The molecule has 5 nitrogen and oxygen atoms in total. The Morgan fingerprint density at radius 2 is 1.83 bits per heavy atom. The molecule has 2 atom stereocenters. The lowest BCUT2D eigenvalue weighted by atomic mass is 9.55. The lowest BCUT2D eigenvalue weighted by Gasteiger charge is -2.59. The first-order valence-corrected chi connectivity index (χ1v) is 11.1. The quantitative estimate of drug-likeness (QED) is 0.830. The van der Waals surface area contributed by atoms with Gasteiger partial charge in [0, 0.05) is 37.2 Å². The molecule has 0 aromatic rings. The van der Waals surface area contributed by atoms with Gasteiger partial charge in [0.15, 0.2) is 0 Å². The molecule has 0 radical (unpaired) electrons. The van der Waals surface area contributed by atoms with Gasteiger partial charge in [-0.2, -0.15) is 0 Å². The van der Waals surface area contributed by atoms with Crippen LogP contribution in [0.1, 0.15) is 58.3 Å². The number of hydrogen-bond acceptors (Lipinski definition) is 4. The third-order valence-corrected chi connectivity index (χ3v) is 7.60. The summed E-state index contributed by atoms with van der Waals surface area (Å²) in [6, 6.07) is 1.02. The fourth-order valence-corrected chi connectivity index (χ4v) is 5.81. The Bertz CT molecular complexity index is 494. The Labute approximate surface area is 141 Å². The molecular weight excluding hydrogens is 312 g/mol. The number of sulfonamides is 1. The molecule has 0 aromatic heterocycles. The maximum Gasteiger partial charge on any atom is 0.211 e. The average Bonchev–Trinajstić information content (AvgIpc) is 2.54. The van der Waals surface area contributed by atoms with E-state index in [1.165, 1.54) is 38.4 Å². The minimum Gasteiger partial charge on any atom is -0.378 e. The Hall–Kier alpha value is -0.170. The molecule has 0 aromatic carbocycles. The summed E-state index contributed by atoms with van der Waals surface area (Å²) >= 11 is 0. The Kier molecular flexibility index (Phi) is 5.36. The zero-order valence-electron chi connectivity index (χ0n) is 14.6. The number of piperidine rings is 1. The largest absolute Gasteiger partial charge is 0.378 e. The molecule has 3 rings (SSSR count). The van der Waals surface area contributed by atoms with E-state index >= 15 is 0 Å². The highest BCUT2D eigenvalue weighted by Crippen LogP contribution is 2.53. The third-order valence-electron chi connectivity index (χ3n) is 6.30. The SMILES string of the molecule is CCOC1CC(NC2CCN(S(C)(=O)=O)CC2)C12CCCCC2. The van der Waals surface area contributed by atoms with E-state index < -0.39 is 10.0 Å². The van der Waals surface area contributed by atoms with E-state index in [9.17, 15) is 8.42 Å². The van der Waals surface area contributed by atoms with Crippen LogP contribution in [0.4, 0.5) is 0 Å². The number of nitrogens with zero attached hydrogens (tertiary/aromatic N) is 1. The number of rotatable bonds is 5. The molecule has 2 saturated carbocycles. The highest BCUT2D eigenvalue weighted by atomic mass is 32.2. The maximum absolute atomic E-state index is 11.6. The highest BCUT2D eigenvalue weighted by molar-refractivity contribution is 7.88. The van der Waals surface area contributed by atoms with Gasteiger partial charge in [0.25, 0.3) is 0 Å². The van der Waals surface area contributed by atoms with Gasteiger partial charge in [0.05, 0.1) is 12.4 Å². The van der Waals surface area contributed by atoms with Crippen molar-refractivity contribution in [3.05, 3.63) is 0 Å². The summed E-state index contributed by atoms with van der Waals surface area (Å²) in [5.74, 6) is 0. The van der Waals surface area contributed by atoms with Crippen molar-refractivity contribution in [3.8, 4) is 0 Å². The first-order valence-electron chi connectivity index (χ1n) is 9.28. The molecule has 3 fully saturated rings. The fraction of sp³-hybridized carbons (Fsp3) is 1.00. The molecule has 6 heteroatoms. The van der Waals surface area contributed by atoms with E-state index in [2.05, 4.69) is 12.2 Å². The number of ether oxygens (including phenoxy) is 1. The monoisotopic (exact) mass is 344 g/mol. The summed E-state index contributed by atoms with van der Waals surface area (Å²) in [4.78, 5) is 0. The summed E-state index contributed by atoms with van der Waals surface area (Å²) in [6.07, 6.45) is 11.3. The fourth-order valence-electron chi connectivity index (χ4n) is 4.94. The molecule has 23 heavy (non-hydrogen) atoms. The summed E-state index contributed by atoms with van der Waals surface area (Å²) < 4.78 is 30.9. The lowest BCUT2D eigenvalue weighted by Crippen LogP contribution is -2.66.